The van der Waals surface area contributed by atoms with E-state index in [1.165, 1.54) is 0 Å². The molecule has 0 amide bonds. The fourth-order valence-electron chi connectivity index (χ4n) is 2.43. The van der Waals surface area contributed by atoms with Gasteiger partial charge in [0.15, 0.2) is 11.9 Å². The Hall–Kier alpha value is -2.34. The van der Waals surface area contributed by atoms with Crippen LogP contribution < -0.4 is 11.3 Å². The molecule has 7 N–H and O–H groups in total. The van der Waals surface area contributed by atoms with E-state index in [4.69, 9.17) is 21.0 Å². The Kier molecular flexibility index (Phi) is 3.41. The Morgan fingerprint density at radius 2 is 2.23 bits per heavy atom. The first-order valence-corrected chi connectivity index (χ1v) is 6.38. The van der Waals surface area contributed by atoms with Gasteiger partial charge in [-0.05, 0) is 0 Å². The summed E-state index contributed by atoms with van der Waals surface area (Å²) in [6.45, 7) is -0.499. The van der Waals surface area contributed by atoms with Gasteiger partial charge < -0.3 is 30.8 Å². The molecule has 0 bridgehead atoms. The summed E-state index contributed by atoms with van der Waals surface area (Å²) >= 11 is 0. The molecular weight excluding hydrogens is 296 g/mol. The number of hydrogen-bond acceptors (Lipinski definition) is 8. The highest BCUT2D eigenvalue weighted by Crippen LogP contribution is 2.30. The Labute approximate surface area is 122 Å². The molecule has 0 radical (unpaired) electrons. The van der Waals surface area contributed by atoms with Gasteiger partial charge in [-0.25, -0.2) is 9.67 Å². The highest BCUT2D eigenvalue weighted by atomic mass is 16.6. The van der Waals surface area contributed by atoms with E-state index in [0.29, 0.717) is 0 Å². The predicted octanol–water partition coefficient (Wildman–Crippen LogP) is -2.98. The van der Waals surface area contributed by atoms with E-state index in [2.05, 4.69) is 15.1 Å². The van der Waals surface area contributed by atoms with Gasteiger partial charge in [0, 0.05) is 0 Å². The van der Waals surface area contributed by atoms with E-state index in [0.717, 1.165) is 11.0 Å². The van der Waals surface area contributed by atoms with Gasteiger partial charge in [0.1, 0.15) is 35.2 Å². The molecule has 0 spiro atoms. The molecule has 118 valence electrons. The van der Waals surface area contributed by atoms with Crippen molar-refractivity contribution in [3.05, 3.63) is 22.4 Å². The van der Waals surface area contributed by atoms with Crippen molar-refractivity contribution in [2.45, 2.75) is 24.5 Å². The molecule has 22 heavy (non-hydrogen) atoms. The summed E-state index contributed by atoms with van der Waals surface area (Å²) < 4.78 is 6.42. The highest BCUT2D eigenvalue weighted by Gasteiger charge is 2.44. The number of nitrogens with zero attached hydrogens (tertiary/aromatic N) is 3. The minimum atomic E-state index is -1.39. The lowest BCUT2D eigenvalue weighted by Crippen LogP contribution is -2.33. The second-order valence-electron chi connectivity index (χ2n) is 4.87. The van der Waals surface area contributed by atoms with Gasteiger partial charge >= 0.3 is 0 Å². The molecule has 1 aliphatic rings. The monoisotopic (exact) mass is 310 g/mol. The summed E-state index contributed by atoms with van der Waals surface area (Å²) in [5, 5.41) is 40.4. The van der Waals surface area contributed by atoms with E-state index in [1.54, 1.807) is 0 Å². The van der Waals surface area contributed by atoms with Crippen LogP contribution in [-0.2, 0) is 4.74 Å². The number of aliphatic hydroxyl groups excluding tert-OH is 3. The van der Waals surface area contributed by atoms with E-state index in [1.807, 2.05) is 0 Å². The molecule has 0 unspecified atom stereocenters. The highest BCUT2D eigenvalue weighted by molar-refractivity contribution is 6.04. The van der Waals surface area contributed by atoms with Crippen LogP contribution in [0.5, 0.6) is 0 Å². The second-order valence-corrected chi connectivity index (χ2v) is 4.87. The zero-order chi connectivity index (χ0) is 16.0. The molecule has 1 aliphatic heterocycles. The molecular formula is C11H14N6O5. The first-order chi connectivity index (χ1) is 10.5. The Morgan fingerprint density at radius 1 is 1.50 bits per heavy atom. The summed E-state index contributed by atoms with van der Waals surface area (Å²) in [4.78, 5) is 18.2. The minimum Gasteiger partial charge on any atom is -0.394 e. The number of nitrogens with two attached hydrogens (primary N) is 1. The van der Waals surface area contributed by atoms with Gasteiger partial charge in [0.05, 0.1) is 12.9 Å². The molecule has 2 aromatic heterocycles. The van der Waals surface area contributed by atoms with Crippen LogP contribution in [0.15, 0.2) is 11.1 Å². The van der Waals surface area contributed by atoms with Crippen molar-refractivity contribution < 1.29 is 20.1 Å². The first-order valence-electron chi connectivity index (χ1n) is 6.38. The molecule has 11 heteroatoms. The lowest BCUT2D eigenvalue weighted by atomic mass is 10.1. The lowest BCUT2D eigenvalue weighted by molar-refractivity contribution is -0.0566. The number of hydrogen-bond donors (Lipinski definition) is 6. The molecule has 0 saturated carbocycles. The molecule has 1 fully saturated rings. The molecule has 0 aromatic carbocycles. The van der Waals surface area contributed by atoms with Gasteiger partial charge in [-0.15, -0.1) is 0 Å². The maximum atomic E-state index is 11.9. The van der Waals surface area contributed by atoms with Gasteiger partial charge in [0.2, 0.25) is 0 Å². The molecule has 2 aromatic rings. The summed E-state index contributed by atoms with van der Waals surface area (Å²) in [7, 11) is 0. The van der Waals surface area contributed by atoms with Crippen molar-refractivity contribution >= 4 is 16.9 Å². The third kappa shape index (κ3) is 1.99. The Balaban J connectivity index is 2.18. The number of ether oxygens (including phenoxy) is 1. The number of rotatable bonds is 3. The zero-order valence-electron chi connectivity index (χ0n) is 11.2. The number of aromatic amines is 1. The van der Waals surface area contributed by atoms with Crippen molar-refractivity contribution in [1.29, 1.82) is 5.41 Å². The van der Waals surface area contributed by atoms with Gasteiger partial charge in [-0.2, -0.15) is 5.10 Å². The average Bonchev–Trinajstić information content (AvgIpc) is 3.00. The van der Waals surface area contributed by atoms with Crippen LogP contribution in [0.3, 0.4) is 0 Å². The third-order valence-corrected chi connectivity index (χ3v) is 3.51. The Morgan fingerprint density at radius 3 is 2.82 bits per heavy atom. The molecule has 0 aliphatic carbocycles. The van der Waals surface area contributed by atoms with E-state index in [9.17, 15) is 15.0 Å². The van der Waals surface area contributed by atoms with Crippen molar-refractivity contribution in [2.75, 3.05) is 6.61 Å². The van der Waals surface area contributed by atoms with E-state index < -0.39 is 42.5 Å². The van der Waals surface area contributed by atoms with Gasteiger partial charge in [-0.1, -0.05) is 0 Å². The van der Waals surface area contributed by atoms with Crippen LogP contribution in [0.1, 0.15) is 11.9 Å². The standard InChI is InChI=1S/C11H14N6O5/c12-8(13)5-4-9(14-2-15-10(4)21)17(16-5)11-7(20)6(19)3(1-18)22-11/h2-3,6-7,11,18-20H,1H2,(H3,12,13)(H,14,15,21)/t3-,6+,7+,11+/m0/s1. The maximum absolute atomic E-state index is 11.9. The third-order valence-electron chi connectivity index (χ3n) is 3.51. The maximum Gasteiger partial charge on any atom is 0.262 e. The summed E-state index contributed by atoms with van der Waals surface area (Å²) in [6, 6.07) is 0. The number of H-pyrrole nitrogens is 1. The summed E-state index contributed by atoms with van der Waals surface area (Å²) in [5.41, 5.74) is 4.80. The number of fused-ring (bicyclic) bond motifs is 1. The van der Waals surface area contributed by atoms with Crippen LogP contribution in [0, 0.1) is 5.41 Å². The molecule has 11 nitrogen and oxygen atoms in total. The van der Waals surface area contributed by atoms with E-state index >= 15 is 0 Å². The number of nitrogens with one attached hydrogen (secondary N) is 2. The smallest absolute Gasteiger partial charge is 0.262 e. The SMILES string of the molecule is N=C(N)c1nn([C@@H]2O[C@@H](CO)[C@@H](O)[C@H]2O)c2nc[nH]c(=O)c12. The van der Waals surface area contributed by atoms with Crippen LogP contribution in [0.4, 0.5) is 0 Å². The predicted molar refractivity (Wildman–Crippen MR) is 72.2 cm³/mol. The zero-order valence-corrected chi connectivity index (χ0v) is 11.2. The van der Waals surface area contributed by atoms with Gasteiger partial charge in [0.25, 0.3) is 5.56 Å². The lowest BCUT2D eigenvalue weighted by Gasteiger charge is -2.15. The molecule has 3 rings (SSSR count). The largest absolute Gasteiger partial charge is 0.394 e. The van der Waals surface area contributed by atoms with Crippen LogP contribution in [0.25, 0.3) is 11.0 Å². The van der Waals surface area contributed by atoms with Gasteiger partial charge in [-0.3, -0.25) is 10.2 Å². The number of aliphatic hydroxyl groups is 3. The number of amidine groups is 1. The number of aromatic nitrogens is 4. The van der Waals surface area contributed by atoms with Crippen LogP contribution >= 0.6 is 0 Å². The van der Waals surface area contributed by atoms with Crippen LogP contribution in [0.2, 0.25) is 0 Å². The van der Waals surface area contributed by atoms with Crippen molar-refractivity contribution in [1.82, 2.24) is 19.7 Å². The topological polar surface area (TPSA) is 183 Å². The fraction of sp³-hybridized carbons (Fsp3) is 0.455. The summed E-state index contributed by atoms with van der Waals surface area (Å²) in [6.07, 6.45) is -3.74. The molecule has 4 atom stereocenters. The van der Waals surface area contributed by atoms with Crippen molar-refractivity contribution in [3.8, 4) is 0 Å². The molecule has 3 heterocycles. The van der Waals surface area contributed by atoms with E-state index in [-0.39, 0.29) is 16.7 Å². The molecule has 1 saturated heterocycles. The van der Waals surface area contributed by atoms with Crippen molar-refractivity contribution in [2.24, 2.45) is 5.73 Å². The first kappa shape index (κ1) is 14.6. The normalized spacial score (nSPS) is 28.3. The second kappa shape index (κ2) is 5.14. The summed E-state index contributed by atoms with van der Waals surface area (Å²) in [5.74, 6) is -0.450. The minimum absolute atomic E-state index is 0.0206. The fourth-order valence-corrected chi connectivity index (χ4v) is 2.43. The van der Waals surface area contributed by atoms with Crippen molar-refractivity contribution in [3.63, 3.8) is 0 Å². The van der Waals surface area contributed by atoms with Crippen LogP contribution in [-0.4, -0.2) is 65.8 Å². The number of nitrogen functional groups attached to an aromatic ring is 1. The quantitative estimate of drug-likeness (QED) is 0.256. The Bertz CT molecular complexity index is 785. The average molecular weight is 310 g/mol.